The maximum Gasteiger partial charge on any atom is 0.423 e. The third-order valence-corrected chi connectivity index (χ3v) is 5.29. The molecule has 0 amide bonds. The van der Waals surface area contributed by atoms with Crippen molar-refractivity contribution in [2.75, 3.05) is 0 Å². The highest BCUT2D eigenvalue weighted by Crippen LogP contribution is 2.40. The Morgan fingerprint density at radius 1 is 1.16 bits per heavy atom. The van der Waals surface area contributed by atoms with Crippen LogP contribution in [-0.2, 0) is 16.5 Å². The number of benzene rings is 1. The Morgan fingerprint density at radius 3 is 2.16 bits per heavy atom. The van der Waals surface area contributed by atoms with Gasteiger partial charge in [0.2, 0.25) is 5.54 Å². The van der Waals surface area contributed by atoms with Gasteiger partial charge in [-0.2, -0.15) is 13.2 Å². The van der Waals surface area contributed by atoms with Crippen molar-refractivity contribution in [1.29, 1.82) is 0 Å². The Labute approximate surface area is 155 Å². The van der Waals surface area contributed by atoms with E-state index in [1.54, 1.807) is 20.8 Å². The molecule has 0 aliphatic carbocycles. The van der Waals surface area contributed by atoms with E-state index in [4.69, 9.17) is 11.6 Å². The lowest BCUT2D eigenvalue weighted by atomic mass is 9.90. The molecule has 2 atom stereocenters. The van der Waals surface area contributed by atoms with E-state index >= 15 is 0 Å². The Morgan fingerprint density at radius 2 is 1.72 bits per heavy atom. The Hall–Kier alpha value is -1.03. The van der Waals surface area contributed by atoms with E-state index in [1.807, 2.05) is 6.92 Å². The second kappa shape index (κ2) is 8.57. The van der Waals surface area contributed by atoms with Crippen molar-refractivity contribution in [1.82, 2.24) is 4.72 Å². The molecule has 0 bridgehead atoms. The fourth-order valence-corrected chi connectivity index (χ4v) is 2.90. The molecule has 0 radical (unpaired) electrons. The van der Waals surface area contributed by atoms with Crippen molar-refractivity contribution in [3.05, 3.63) is 34.9 Å². The van der Waals surface area contributed by atoms with Gasteiger partial charge in [-0.1, -0.05) is 43.0 Å². The molecule has 1 N–H and O–H groups in total. The minimum atomic E-state index is -4.76. The van der Waals surface area contributed by atoms with Crippen LogP contribution in [-0.4, -0.2) is 15.1 Å². The van der Waals surface area contributed by atoms with Gasteiger partial charge in [-0.25, -0.2) is 8.93 Å². The van der Waals surface area contributed by atoms with Gasteiger partial charge >= 0.3 is 6.18 Å². The highest BCUT2D eigenvalue weighted by molar-refractivity contribution is 7.84. The summed E-state index contributed by atoms with van der Waals surface area (Å²) in [6, 6.07) is 5.26. The van der Waals surface area contributed by atoms with E-state index in [0.717, 1.165) is 6.42 Å². The zero-order valence-electron chi connectivity index (χ0n) is 14.8. The van der Waals surface area contributed by atoms with Gasteiger partial charge < -0.3 is 0 Å². The molecule has 140 valence electrons. The van der Waals surface area contributed by atoms with Crippen molar-refractivity contribution in [3.63, 3.8) is 0 Å². The Bertz CT molecular complexity index is 656. The molecule has 0 aliphatic rings. The van der Waals surface area contributed by atoms with Crippen LogP contribution in [0.5, 0.6) is 0 Å². The smallest absolute Gasteiger partial charge is 0.242 e. The van der Waals surface area contributed by atoms with Gasteiger partial charge in [0, 0.05) is 11.4 Å². The number of alkyl halides is 3. The highest BCUT2D eigenvalue weighted by Gasteiger charge is 2.57. The molecule has 1 aromatic carbocycles. The van der Waals surface area contributed by atoms with Crippen LogP contribution in [0, 0.1) is 11.8 Å². The summed E-state index contributed by atoms with van der Waals surface area (Å²) in [6.07, 6.45) is -2.90. The van der Waals surface area contributed by atoms with Crippen LogP contribution in [0.1, 0.15) is 52.5 Å². The molecule has 0 saturated heterocycles. The molecule has 0 heterocycles. The van der Waals surface area contributed by atoms with Gasteiger partial charge in [-0.3, -0.25) is 0 Å². The van der Waals surface area contributed by atoms with E-state index in [-0.39, 0.29) is 5.56 Å². The lowest BCUT2D eigenvalue weighted by Gasteiger charge is -2.34. The largest absolute Gasteiger partial charge is 0.423 e. The van der Waals surface area contributed by atoms with Gasteiger partial charge in [0.25, 0.3) is 0 Å². The summed E-state index contributed by atoms with van der Waals surface area (Å²) in [7, 11) is -1.97. The molecule has 0 spiro atoms. The first-order valence-corrected chi connectivity index (χ1v) is 9.49. The third-order valence-electron chi connectivity index (χ3n) is 3.44. The molecule has 7 heteroatoms. The van der Waals surface area contributed by atoms with Gasteiger partial charge in [-0.15, -0.1) is 5.92 Å². The number of hydrogen-bond donors (Lipinski definition) is 1. The molecule has 0 aromatic heterocycles. The van der Waals surface area contributed by atoms with Crippen LogP contribution in [0.2, 0.25) is 5.02 Å². The lowest BCUT2D eigenvalue weighted by Crippen LogP contribution is -2.56. The van der Waals surface area contributed by atoms with E-state index in [9.17, 15) is 17.4 Å². The first-order chi connectivity index (χ1) is 11.4. The molecular formula is C18H23ClF3NOS. The third kappa shape index (κ3) is 5.73. The van der Waals surface area contributed by atoms with Gasteiger partial charge in [0.15, 0.2) is 0 Å². The van der Waals surface area contributed by atoms with Crippen LogP contribution in [0.15, 0.2) is 24.3 Å². The lowest BCUT2D eigenvalue weighted by molar-refractivity contribution is -0.176. The van der Waals surface area contributed by atoms with Gasteiger partial charge in [-0.05, 0) is 44.9 Å². The molecule has 1 aromatic rings. The van der Waals surface area contributed by atoms with Crippen LogP contribution in [0.3, 0.4) is 0 Å². The molecule has 0 unspecified atom stereocenters. The van der Waals surface area contributed by atoms with E-state index in [1.165, 1.54) is 24.3 Å². The van der Waals surface area contributed by atoms with Crippen molar-refractivity contribution in [2.45, 2.75) is 63.4 Å². The Balaban J connectivity index is 3.50. The Kier molecular flexibility index (Phi) is 7.54. The average Bonchev–Trinajstić information content (AvgIpc) is 2.49. The quantitative estimate of drug-likeness (QED) is 0.530. The van der Waals surface area contributed by atoms with E-state index in [2.05, 4.69) is 16.6 Å². The van der Waals surface area contributed by atoms with Crippen LogP contribution in [0.4, 0.5) is 13.2 Å². The zero-order valence-corrected chi connectivity index (χ0v) is 16.3. The minimum absolute atomic E-state index is 0.133. The monoisotopic (exact) mass is 393 g/mol. The fraction of sp³-hybridized carbons (Fsp3) is 0.556. The minimum Gasteiger partial charge on any atom is -0.242 e. The summed E-state index contributed by atoms with van der Waals surface area (Å²) in [4.78, 5) is 0. The number of halogens is 4. The average molecular weight is 394 g/mol. The van der Waals surface area contributed by atoms with Crippen molar-refractivity contribution >= 4 is 22.6 Å². The fourth-order valence-electron chi connectivity index (χ4n) is 1.90. The predicted molar refractivity (Wildman–Crippen MR) is 97.5 cm³/mol. The molecule has 0 aliphatic heterocycles. The molecule has 0 fully saturated rings. The van der Waals surface area contributed by atoms with Crippen molar-refractivity contribution in [3.8, 4) is 11.8 Å². The number of nitrogens with one attached hydrogen (secondary N) is 1. The van der Waals surface area contributed by atoms with Crippen LogP contribution < -0.4 is 4.72 Å². The molecular weight excluding hydrogens is 371 g/mol. The maximum absolute atomic E-state index is 14.1. The molecule has 25 heavy (non-hydrogen) atoms. The first kappa shape index (κ1) is 22.0. The number of hydrogen-bond acceptors (Lipinski definition) is 1. The maximum atomic E-state index is 14.1. The van der Waals surface area contributed by atoms with E-state index in [0.29, 0.717) is 17.9 Å². The summed E-state index contributed by atoms with van der Waals surface area (Å²) >= 11 is 5.80. The van der Waals surface area contributed by atoms with Crippen LogP contribution in [0.25, 0.3) is 0 Å². The molecule has 0 saturated carbocycles. The standard InChI is InChI=1S/C18H23ClF3NOS/c1-5-6-7-8-13-17(18(20,21)22,23-25(24)16(2,3)4)14-9-11-15(19)12-10-14/h9-12,23H,5-7H2,1-4H3/t17-,25-/m0/s1. The first-order valence-electron chi connectivity index (χ1n) is 7.96. The second-order valence-corrected chi connectivity index (χ2v) is 9.05. The summed E-state index contributed by atoms with van der Waals surface area (Å²) in [5, 5.41) is 0.315. The molecule has 1 rings (SSSR count). The SMILES string of the molecule is CCCCC#C[C@](N[S@@](=O)C(C)(C)C)(c1ccc(Cl)cc1)C(F)(F)F. The predicted octanol–water partition coefficient (Wildman–Crippen LogP) is 5.34. The zero-order chi connectivity index (χ0) is 19.3. The van der Waals surface area contributed by atoms with Crippen LogP contribution >= 0.6 is 11.6 Å². The van der Waals surface area contributed by atoms with Crippen molar-refractivity contribution < 1.29 is 17.4 Å². The normalized spacial score (nSPS) is 15.8. The summed E-state index contributed by atoms with van der Waals surface area (Å²) in [6.45, 7) is 6.74. The van der Waals surface area contributed by atoms with E-state index < -0.39 is 27.4 Å². The van der Waals surface area contributed by atoms with Gasteiger partial charge in [0.1, 0.15) is 0 Å². The second-order valence-electron chi connectivity index (χ2n) is 6.64. The summed E-state index contributed by atoms with van der Waals surface area (Å²) in [5.74, 6) is 4.93. The van der Waals surface area contributed by atoms with Gasteiger partial charge in [0.05, 0.1) is 15.7 Å². The topological polar surface area (TPSA) is 29.1 Å². The number of unbranched alkanes of at least 4 members (excludes halogenated alkanes) is 2. The summed E-state index contributed by atoms with van der Waals surface area (Å²) < 4.78 is 56.1. The summed E-state index contributed by atoms with van der Waals surface area (Å²) in [5.41, 5.74) is -2.85. The molecule has 2 nitrogen and oxygen atoms in total. The number of rotatable bonds is 5. The van der Waals surface area contributed by atoms with Crippen molar-refractivity contribution in [2.24, 2.45) is 0 Å². The highest BCUT2D eigenvalue weighted by atomic mass is 35.5.